The van der Waals surface area contributed by atoms with Gasteiger partial charge < -0.3 is 14.4 Å². The van der Waals surface area contributed by atoms with Crippen molar-refractivity contribution in [3.63, 3.8) is 0 Å². The van der Waals surface area contributed by atoms with Gasteiger partial charge in [0.15, 0.2) is 11.5 Å². The van der Waals surface area contributed by atoms with Gasteiger partial charge in [0.25, 0.3) is 5.91 Å². The minimum Gasteiger partial charge on any atom is -0.490 e. The average Bonchev–Trinajstić information content (AvgIpc) is 2.85. The van der Waals surface area contributed by atoms with Crippen molar-refractivity contribution >= 4 is 29.1 Å². The van der Waals surface area contributed by atoms with Crippen LogP contribution in [-0.4, -0.2) is 30.6 Å². The standard InChI is InChI=1S/C20H19Cl2NO3/c1-12-16-11-19-18(25-7-2-8-26-19)9-13(16)5-6-23(12)20(24)15-4-3-14(21)10-17(15)22/h3-4,9-12H,2,5-8H2,1H3. The van der Waals surface area contributed by atoms with Gasteiger partial charge in [0.1, 0.15) is 0 Å². The molecule has 2 aromatic carbocycles. The molecule has 0 aromatic heterocycles. The average molecular weight is 392 g/mol. The zero-order chi connectivity index (χ0) is 18.3. The Bertz CT molecular complexity index is 868. The van der Waals surface area contributed by atoms with Gasteiger partial charge in [-0.2, -0.15) is 0 Å². The molecule has 6 heteroatoms. The van der Waals surface area contributed by atoms with Crippen LogP contribution < -0.4 is 9.47 Å². The van der Waals surface area contributed by atoms with Crippen LogP contribution in [0.4, 0.5) is 0 Å². The zero-order valence-corrected chi connectivity index (χ0v) is 15.9. The first kappa shape index (κ1) is 17.5. The molecule has 0 saturated heterocycles. The lowest BCUT2D eigenvalue weighted by Crippen LogP contribution is -2.39. The molecule has 26 heavy (non-hydrogen) atoms. The number of halogens is 2. The molecule has 2 aromatic rings. The summed E-state index contributed by atoms with van der Waals surface area (Å²) in [5, 5.41) is 0.891. The van der Waals surface area contributed by atoms with E-state index in [1.165, 1.54) is 5.56 Å². The Balaban J connectivity index is 1.66. The SMILES string of the molecule is CC1c2cc3c(cc2CCN1C(=O)c1ccc(Cl)cc1Cl)OCCCO3. The van der Waals surface area contributed by atoms with E-state index < -0.39 is 0 Å². The topological polar surface area (TPSA) is 38.8 Å². The fourth-order valence-electron chi connectivity index (χ4n) is 3.57. The molecule has 0 spiro atoms. The number of hydrogen-bond acceptors (Lipinski definition) is 3. The van der Waals surface area contributed by atoms with E-state index in [0.717, 1.165) is 29.9 Å². The third kappa shape index (κ3) is 3.12. The van der Waals surface area contributed by atoms with Crippen LogP contribution in [0.3, 0.4) is 0 Å². The Morgan fingerprint density at radius 3 is 2.58 bits per heavy atom. The highest BCUT2D eigenvalue weighted by molar-refractivity contribution is 6.36. The van der Waals surface area contributed by atoms with Crippen LogP contribution in [-0.2, 0) is 6.42 Å². The van der Waals surface area contributed by atoms with Crippen LogP contribution in [0.15, 0.2) is 30.3 Å². The maximum atomic E-state index is 13.0. The molecule has 0 aliphatic carbocycles. The van der Waals surface area contributed by atoms with Crippen molar-refractivity contribution < 1.29 is 14.3 Å². The van der Waals surface area contributed by atoms with Crippen molar-refractivity contribution in [2.24, 2.45) is 0 Å². The first-order chi connectivity index (χ1) is 12.5. The third-order valence-corrected chi connectivity index (χ3v) is 5.52. The predicted octanol–water partition coefficient (Wildman–Crippen LogP) is 4.91. The molecule has 4 rings (SSSR count). The van der Waals surface area contributed by atoms with Gasteiger partial charge in [-0.3, -0.25) is 4.79 Å². The zero-order valence-electron chi connectivity index (χ0n) is 14.4. The Hall–Kier alpha value is -1.91. The van der Waals surface area contributed by atoms with Crippen molar-refractivity contribution in [1.82, 2.24) is 4.90 Å². The quantitative estimate of drug-likeness (QED) is 0.692. The van der Waals surface area contributed by atoms with Gasteiger partial charge in [0.05, 0.1) is 29.8 Å². The van der Waals surface area contributed by atoms with Crippen molar-refractivity contribution in [3.8, 4) is 11.5 Å². The second kappa shape index (κ2) is 7.01. The number of rotatable bonds is 1. The molecule has 2 aliphatic rings. The molecular formula is C20H19Cl2NO3. The van der Waals surface area contributed by atoms with Gasteiger partial charge in [-0.15, -0.1) is 0 Å². The lowest BCUT2D eigenvalue weighted by Gasteiger charge is -2.36. The van der Waals surface area contributed by atoms with E-state index in [-0.39, 0.29) is 11.9 Å². The number of carbonyl (C=O) groups is 1. The molecule has 1 amide bonds. The molecule has 2 aliphatic heterocycles. The number of amides is 1. The summed E-state index contributed by atoms with van der Waals surface area (Å²) in [4.78, 5) is 14.9. The summed E-state index contributed by atoms with van der Waals surface area (Å²) in [5.74, 6) is 1.47. The molecule has 2 heterocycles. The van der Waals surface area contributed by atoms with Crippen LogP contribution in [0, 0.1) is 0 Å². The van der Waals surface area contributed by atoms with Crippen LogP contribution in [0.2, 0.25) is 10.0 Å². The summed E-state index contributed by atoms with van der Waals surface area (Å²) in [6.45, 7) is 3.97. The number of ether oxygens (including phenoxy) is 2. The van der Waals surface area contributed by atoms with E-state index in [9.17, 15) is 4.79 Å². The maximum Gasteiger partial charge on any atom is 0.255 e. The van der Waals surface area contributed by atoms with Crippen molar-refractivity contribution in [2.75, 3.05) is 19.8 Å². The molecule has 0 bridgehead atoms. The van der Waals surface area contributed by atoms with Gasteiger partial charge in [-0.25, -0.2) is 0 Å². The van der Waals surface area contributed by atoms with Gasteiger partial charge in [0.2, 0.25) is 0 Å². The molecule has 0 saturated carbocycles. The lowest BCUT2D eigenvalue weighted by molar-refractivity contribution is 0.0677. The smallest absolute Gasteiger partial charge is 0.255 e. The summed E-state index contributed by atoms with van der Waals surface area (Å²) in [7, 11) is 0. The Morgan fingerprint density at radius 1 is 1.12 bits per heavy atom. The van der Waals surface area contributed by atoms with E-state index in [2.05, 4.69) is 6.07 Å². The Morgan fingerprint density at radius 2 is 1.85 bits per heavy atom. The number of fused-ring (bicyclic) bond motifs is 2. The monoisotopic (exact) mass is 391 g/mol. The van der Waals surface area contributed by atoms with Gasteiger partial charge in [-0.05, 0) is 54.8 Å². The predicted molar refractivity (Wildman–Crippen MR) is 102 cm³/mol. The summed E-state index contributed by atoms with van der Waals surface area (Å²) < 4.78 is 11.6. The summed E-state index contributed by atoms with van der Waals surface area (Å²) in [5.41, 5.74) is 2.77. The highest BCUT2D eigenvalue weighted by Gasteiger charge is 2.31. The number of benzene rings is 2. The van der Waals surface area contributed by atoms with Crippen molar-refractivity contribution in [3.05, 3.63) is 57.1 Å². The highest BCUT2D eigenvalue weighted by Crippen LogP contribution is 2.39. The minimum atomic E-state index is -0.0862. The van der Waals surface area contributed by atoms with E-state index in [0.29, 0.717) is 35.4 Å². The number of carbonyl (C=O) groups excluding carboxylic acids is 1. The van der Waals surface area contributed by atoms with E-state index >= 15 is 0 Å². The van der Waals surface area contributed by atoms with Crippen LogP contribution >= 0.6 is 23.2 Å². The fourth-order valence-corrected chi connectivity index (χ4v) is 4.06. The van der Waals surface area contributed by atoms with E-state index in [4.69, 9.17) is 32.7 Å². The van der Waals surface area contributed by atoms with E-state index in [1.54, 1.807) is 18.2 Å². The van der Waals surface area contributed by atoms with Gasteiger partial charge in [0, 0.05) is 18.0 Å². The second-order valence-corrected chi connectivity index (χ2v) is 7.44. The molecule has 4 nitrogen and oxygen atoms in total. The van der Waals surface area contributed by atoms with Crippen molar-refractivity contribution in [1.29, 1.82) is 0 Å². The number of hydrogen-bond donors (Lipinski definition) is 0. The molecule has 136 valence electrons. The third-order valence-electron chi connectivity index (χ3n) is 4.97. The Labute approximate surface area is 162 Å². The first-order valence-electron chi connectivity index (χ1n) is 8.73. The second-order valence-electron chi connectivity index (χ2n) is 6.60. The molecule has 0 fully saturated rings. The highest BCUT2D eigenvalue weighted by atomic mass is 35.5. The minimum absolute atomic E-state index is 0.0739. The molecule has 0 radical (unpaired) electrons. The van der Waals surface area contributed by atoms with Crippen LogP contribution in [0.1, 0.15) is 40.9 Å². The summed E-state index contributed by atoms with van der Waals surface area (Å²) in [6.07, 6.45) is 1.64. The van der Waals surface area contributed by atoms with Gasteiger partial charge >= 0.3 is 0 Å². The normalized spacial score (nSPS) is 18.9. The van der Waals surface area contributed by atoms with Crippen molar-refractivity contribution in [2.45, 2.75) is 25.8 Å². The largest absolute Gasteiger partial charge is 0.490 e. The van der Waals surface area contributed by atoms with E-state index in [1.807, 2.05) is 17.9 Å². The summed E-state index contributed by atoms with van der Waals surface area (Å²) >= 11 is 12.2. The first-order valence-corrected chi connectivity index (χ1v) is 9.48. The molecule has 0 N–H and O–H groups in total. The maximum absolute atomic E-state index is 13.0. The molecule has 1 unspecified atom stereocenters. The molecule has 1 atom stereocenters. The lowest BCUT2D eigenvalue weighted by atomic mass is 9.92. The van der Waals surface area contributed by atoms with Gasteiger partial charge in [-0.1, -0.05) is 23.2 Å². The fraction of sp³-hybridized carbons (Fsp3) is 0.350. The summed E-state index contributed by atoms with van der Waals surface area (Å²) in [6, 6.07) is 8.98. The molecular weight excluding hydrogens is 373 g/mol. The Kier molecular flexibility index (Phi) is 4.72. The van der Waals surface area contributed by atoms with Crippen LogP contribution in [0.25, 0.3) is 0 Å². The number of nitrogens with zero attached hydrogens (tertiary/aromatic N) is 1. The van der Waals surface area contributed by atoms with Crippen LogP contribution in [0.5, 0.6) is 11.5 Å².